The van der Waals surface area contributed by atoms with E-state index in [0.717, 1.165) is 12.8 Å². The molecule has 1 saturated heterocycles. The standard InChI is InChI=1S/C26H20ClF2N5O/c1-2-20(35)34-18(15-10-19(15)34)8-9-30-26-16-11-31-24(23(29)25(16)32-12-33-26)14-5-3-4-13-6-7-17(28)22(27)21(13)14/h2-7,11-12,15,18-19H,1,8-10H2,(H,30,32,33)/t15-,18+,19?/m0/s1. The van der Waals surface area contributed by atoms with Gasteiger partial charge in [-0.25, -0.2) is 18.7 Å². The summed E-state index contributed by atoms with van der Waals surface area (Å²) < 4.78 is 29.8. The minimum Gasteiger partial charge on any atom is -0.369 e. The van der Waals surface area contributed by atoms with E-state index in [0.29, 0.717) is 46.0 Å². The van der Waals surface area contributed by atoms with Crippen LogP contribution in [0.4, 0.5) is 14.6 Å². The van der Waals surface area contributed by atoms with Crippen LogP contribution in [0.15, 0.2) is 55.5 Å². The van der Waals surface area contributed by atoms with Crippen LogP contribution in [0.25, 0.3) is 32.9 Å². The van der Waals surface area contributed by atoms with Crippen LogP contribution in [-0.2, 0) is 4.79 Å². The third-order valence-corrected chi connectivity index (χ3v) is 7.36. The number of anilines is 1. The van der Waals surface area contributed by atoms with Crippen LogP contribution in [0.3, 0.4) is 0 Å². The molecule has 0 spiro atoms. The Morgan fingerprint density at radius 3 is 2.91 bits per heavy atom. The smallest absolute Gasteiger partial charge is 0.246 e. The summed E-state index contributed by atoms with van der Waals surface area (Å²) in [6.07, 6.45) is 5.95. The molecule has 1 unspecified atom stereocenters. The van der Waals surface area contributed by atoms with Crippen molar-refractivity contribution in [3.8, 4) is 11.3 Å². The van der Waals surface area contributed by atoms with Gasteiger partial charge >= 0.3 is 0 Å². The summed E-state index contributed by atoms with van der Waals surface area (Å²) in [7, 11) is 0. The summed E-state index contributed by atoms with van der Waals surface area (Å²) >= 11 is 6.24. The monoisotopic (exact) mass is 491 g/mol. The predicted octanol–water partition coefficient (Wildman–Crippen LogP) is 5.36. The van der Waals surface area contributed by atoms with Gasteiger partial charge in [0.25, 0.3) is 0 Å². The number of nitrogens with one attached hydrogen (secondary N) is 1. The van der Waals surface area contributed by atoms with Crippen LogP contribution in [0, 0.1) is 17.6 Å². The molecule has 1 amide bonds. The topological polar surface area (TPSA) is 71.0 Å². The second-order valence-electron chi connectivity index (χ2n) is 8.87. The zero-order chi connectivity index (χ0) is 24.3. The zero-order valence-electron chi connectivity index (χ0n) is 18.5. The largest absolute Gasteiger partial charge is 0.369 e. The summed E-state index contributed by atoms with van der Waals surface area (Å²) in [6.45, 7) is 4.14. The Kier molecular flexibility index (Phi) is 5.14. The molecular formula is C26H20ClF2N5O. The Labute approximate surface area is 204 Å². The molecule has 35 heavy (non-hydrogen) atoms. The van der Waals surface area contributed by atoms with Gasteiger partial charge in [0.05, 0.1) is 10.4 Å². The first-order valence-corrected chi connectivity index (χ1v) is 11.7. The number of hydrogen-bond donors (Lipinski definition) is 1. The van der Waals surface area contributed by atoms with E-state index in [9.17, 15) is 9.18 Å². The van der Waals surface area contributed by atoms with Gasteiger partial charge in [0, 0.05) is 41.7 Å². The van der Waals surface area contributed by atoms with Crippen LogP contribution in [0.1, 0.15) is 12.8 Å². The Morgan fingerprint density at radius 2 is 2.09 bits per heavy atom. The number of amides is 1. The SMILES string of the molecule is C=CC(=O)N1C2C[C@H]2[C@H]1CCNc1ncnc2c(F)c(-c3cccc4ccc(F)c(Cl)c34)ncc12. The van der Waals surface area contributed by atoms with Crippen molar-refractivity contribution in [2.45, 2.75) is 24.9 Å². The lowest BCUT2D eigenvalue weighted by Gasteiger charge is -2.40. The van der Waals surface area contributed by atoms with Gasteiger partial charge in [-0.2, -0.15) is 0 Å². The lowest BCUT2D eigenvalue weighted by molar-refractivity contribution is -0.134. The number of fused-ring (bicyclic) bond motifs is 3. The minimum atomic E-state index is -0.636. The van der Waals surface area contributed by atoms with Gasteiger partial charge in [0.1, 0.15) is 29.2 Å². The number of benzene rings is 2. The van der Waals surface area contributed by atoms with E-state index < -0.39 is 11.6 Å². The molecule has 1 aliphatic carbocycles. The number of carbonyl (C=O) groups excluding carboxylic acids is 1. The molecule has 0 radical (unpaired) electrons. The Balaban J connectivity index is 1.30. The van der Waals surface area contributed by atoms with Gasteiger partial charge in [0.2, 0.25) is 5.91 Å². The second kappa shape index (κ2) is 8.23. The maximum atomic E-state index is 15.7. The van der Waals surface area contributed by atoms with Crippen LogP contribution in [0.2, 0.25) is 5.02 Å². The van der Waals surface area contributed by atoms with Crippen LogP contribution >= 0.6 is 11.6 Å². The molecule has 9 heteroatoms. The third-order valence-electron chi connectivity index (χ3n) is 6.99. The molecule has 6 rings (SSSR count). The van der Waals surface area contributed by atoms with Gasteiger partial charge in [0.15, 0.2) is 5.82 Å². The maximum Gasteiger partial charge on any atom is 0.246 e. The summed E-state index contributed by atoms with van der Waals surface area (Å²) in [4.78, 5) is 26.7. The molecule has 1 saturated carbocycles. The molecule has 4 aromatic rings. The van der Waals surface area contributed by atoms with Crippen LogP contribution < -0.4 is 5.32 Å². The summed E-state index contributed by atoms with van der Waals surface area (Å²) in [5, 5.41) is 4.67. The number of likely N-dealkylation sites (tertiary alicyclic amines) is 1. The molecule has 176 valence electrons. The van der Waals surface area contributed by atoms with Gasteiger partial charge in [-0.3, -0.25) is 9.78 Å². The third kappa shape index (κ3) is 3.43. The van der Waals surface area contributed by atoms with Crippen molar-refractivity contribution < 1.29 is 13.6 Å². The molecule has 1 aliphatic heterocycles. The average Bonchev–Trinajstić information content (AvgIpc) is 3.57. The molecule has 2 aromatic carbocycles. The first-order valence-electron chi connectivity index (χ1n) is 11.3. The van der Waals surface area contributed by atoms with E-state index >= 15 is 4.39 Å². The predicted molar refractivity (Wildman–Crippen MR) is 131 cm³/mol. The van der Waals surface area contributed by atoms with Crippen molar-refractivity contribution >= 4 is 45.0 Å². The summed E-state index contributed by atoms with van der Waals surface area (Å²) in [6, 6.07) is 8.61. The highest BCUT2D eigenvalue weighted by atomic mass is 35.5. The molecule has 2 fully saturated rings. The summed E-state index contributed by atoms with van der Waals surface area (Å²) in [5.74, 6) is -0.235. The van der Waals surface area contributed by atoms with E-state index in [-0.39, 0.29) is 28.2 Å². The minimum absolute atomic E-state index is 0.0338. The fourth-order valence-corrected chi connectivity index (χ4v) is 5.51. The lowest BCUT2D eigenvalue weighted by Crippen LogP contribution is -2.52. The van der Waals surface area contributed by atoms with Crippen LogP contribution in [-0.4, -0.2) is 44.4 Å². The highest BCUT2D eigenvalue weighted by Crippen LogP contribution is 2.53. The molecular weight excluding hydrogens is 472 g/mol. The van der Waals surface area contributed by atoms with Crippen molar-refractivity contribution in [2.75, 3.05) is 11.9 Å². The van der Waals surface area contributed by atoms with Crippen LogP contribution in [0.5, 0.6) is 0 Å². The highest BCUT2D eigenvalue weighted by molar-refractivity contribution is 6.36. The van der Waals surface area contributed by atoms with Crippen molar-refractivity contribution in [3.63, 3.8) is 0 Å². The van der Waals surface area contributed by atoms with E-state index in [4.69, 9.17) is 11.6 Å². The summed E-state index contributed by atoms with van der Waals surface area (Å²) in [5.41, 5.74) is 0.523. The number of carbonyl (C=O) groups is 1. The molecule has 0 bridgehead atoms. The lowest BCUT2D eigenvalue weighted by atomic mass is 9.99. The average molecular weight is 492 g/mol. The Bertz CT molecular complexity index is 1530. The molecule has 6 nitrogen and oxygen atoms in total. The van der Waals surface area contributed by atoms with Crippen molar-refractivity contribution in [1.29, 1.82) is 0 Å². The molecule has 2 aliphatic rings. The first kappa shape index (κ1) is 21.9. The maximum absolute atomic E-state index is 15.7. The van der Waals surface area contributed by atoms with Crippen molar-refractivity contribution in [1.82, 2.24) is 19.9 Å². The number of pyridine rings is 1. The molecule has 1 N–H and O–H groups in total. The highest BCUT2D eigenvalue weighted by Gasteiger charge is 2.60. The fraction of sp³-hybridized carbons (Fsp3) is 0.231. The fourth-order valence-electron chi connectivity index (χ4n) is 5.23. The quantitative estimate of drug-likeness (QED) is 0.367. The molecule has 2 aromatic heterocycles. The van der Waals surface area contributed by atoms with E-state index in [2.05, 4.69) is 26.8 Å². The second-order valence-corrected chi connectivity index (χ2v) is 9.25. The van der Waals surface area contributed by atoms with Gasteiger partial charge in [-0.05, 0) is 30.4 Å². The van der Waals surface area contributed by atoms with Gasteiger partial charge in [-0.15, -0.1) is 0 Å². The van der Waals surface area contributed by atoms with Crippen molar-refractivity contribution in [3.05, 3.63) is 72.2 Å². The van der Waals surface area contributed by atoms with Crippen molar-refractivity contribution in [2.24, 2.45) is 5.92 Å². The number of halogens is 3. The Morgan fingerprint density at radius 1 is 1.23 bits per heavy atom. The normalized spacial score (nSPS) is 20.4. The molecule has 3 atom stereocenters. The number of hydrogen-bond acceptors (Lipinski definition) is 5. The van der Waals surface area contributed by atoms with Gasteiger partial charge in [-0.1, -0.05) is 42.4 Å². The number of rotatable bonds is 6. The Hall–Kier alpha value is -3.65. The zero-order valence-corrected chi connectivity index (χ0v) is 19.3. The number of aromatic nitrogens is 3. The van der Waals surface area contributed by atoms with Gasteiger partial charge < -0.3 is 10.2 Å². The van der Waals surface area contributed by atoms with E-state index in [1.54, 1.807) is 24.3 Å². The number of nitrogens with zero attached hydrogens (tertiary/aromatic N) is 4. The van der Waals surface area contributed by atoms with E-state index in [1.165, 1.54) is 24.7 Å². The molecule has 3 heterocycles. The first-order chi connectivity index (χ1) is 17.0. The van der Waals surface area contributed by atoms with E-state index in [1.807, 2.05) is 4.90 Å².